The van der Waals surface area contributed by atoms with Gasteiger partial charge in [0.25, 0.3) is 0 Å². The predicted octanol–water partition coefficient (Wildman–Crippen LogP) is 3.89. The molecular formula is C16H18FN3O2S. The fraction of sp³-hybridized carbons (Fsp3) is 0.312. The first-order valence-corrected chi connectivity index (χ1v) is 8.12. The normalized spacial score (nSPS) is 11.8. The molecule has 5 nitrogen and oxygen atoms in total. The minimum atomic E-state index is -0.485. The van der Waals surface area contributed by atoms with Crippen LogP contribution in [0.15, 0.2) is 23.6 Å². The van der Waals surface area contributed by atoms with Gasteiger partial charge in [-0.25, -0.2) is 9.37 Å². The second-order valence-electron chi connectivity index (χ2n) is 5.21. The Hall–Kier alpha value is -2.28. The third kappa shape index (κ3) is 4.35. The van der Waals surface area contributed by atoms with Crippen LogP contribution >= 0.6 is 11.3 Å². The van der Waals surface area contributed by atoms with E-state index in [-0.39, 0.29) is 17.7 Å². The van der Waals surface area contributed by atoms with Gasteiger partial charge in [0, 0.05) is 29.5 Å². The first kappa shape index (κ1) is 17.1. The maximum Gasteiger partial charge on any atom is 0.228 e. The molecule has 122 valence electrons. The Morgan fingerprint density at radius 1 is 1.35 bits per heavy atom. The van der Waals surface area contributed by atoms with Crippen molar-refractivity contribution < 1.29 is 14.0 Å². The van der Waals surface area contributed by atoms with E-state index >= 15 is 0 Å². The van der Waals surface area contributed by atoms with Crippen LogP contribution in [0.5, 0.6) is 0 Å². The van der Waals surface area contributed by atoms with E-state index in [9.17, 15) is 14.0 Å². The molecule has 0 aliphatic carbocycles. The zero-order valence-electron chi connectivity index (χ0n) is 13.1. The van der Waals surface area contributed by atoms with Crippen LogP contribution in [0.4, 0.5) is 15.2 Å². The number of aromatic nitrogens is 1. The van der Waals surface area contributed by atoms with Crippen molar-refractivity contribution in [3.8, 4) is 11.3 Å². The monoisotopic (exact) mass is 335 g/mol. The Morgan fingerprint density at radius 2 is 2.09 bits per heavy atom. The van der Waals surface area contributed by atoms with Crippen LogP contribution < -0.4 is 10.6 Å². The summed E-state index contributed by atoms with van der Waals surface area (Å²) in [5.74, 6) is -0.951. The zero-order chi connectivity index (χ0) is 17.0. The van der Waals surface area contributed by atoms with Crippen LogP contribution in [0, 0.1) is 11.7 Å². The minimum Gasteiger partial charge on any atom is -0.326 e. The molecule has 1 heterocycles. The molecule has 23 heavy (non-hydrogen) atoms. The average molecular weight is 335 g/mol. The quantitative estimate of drug-likeness (QED) is 0.871. The summed E-state index contributed by atoms with van der Waals surface area (Å²) < 4.78 is 14.2. The van der Waals surface area contributed by atoms with Crippen molar-refractivity contribution in [3.05, 3.63) is 29.4 Å². The predicted molar refractivity (Wildman–Crippen MR) is 89.9 cm³/mol. The summed E-state index contributed by atoms with van der Waals surface area (Å²) in [6, 6.07) is 4.40. The third-order valence-corrected chi connectivity index (χ3v) is 4.12. The van der Waals surface area contributed by atoms with E-state index in [1.807, 2.05) is 13.8 Å². The number of anilines is 2. The maximum atomic E-state index is 14.2. The largest absolute Gasteiger partial charge is 0.326 e. The Labute approximate surface area is 137 Å². The Balaban J connectivity index is 2.17. The van der Waals surface area contributed by atoms with E-state index in [0.717, 1.165) is 6.42 Å². The van der Waals surface area contributed by atoms with Crippen molar-refractivity contribution in [3.63, 3.8) is 0 Å². The Kier molecular flexibility index (Phi) is 5.44. The number of carbonyl (C=O) groups is 2. The van der Waals surface area contributed by atoms with Crippen LogP contribution in [0.2, 0.25) is 0 Å². The summed E-state index contributed by atoms with van der Waals surface area (Å²) in [5.41, 5.74) is 1.15. The van der Waals surface area contributed by atoms with Crippen molar-refractivity contribution in [2.24, 2.45) is 5.92 Å². The smallest absolute Gasteiger partial charge is 0.228 e. The van der Waals surface area contributed by atoms with E-state index in [1.165, 1.54) is 24.3 Å². The molecule has 0 bridgehead atoms. The topological polar surface area (TPSA) is 71.1 Å². The lowest BCUT2D eigenvalue weighted by atomic mass is 10.1. The van der Waals surface area contributed by atoms with E-state index in [4.69, 9.17) is 0 Å². The number of nitrogens with zero attached hydrogens (tertiary/aromatic N) is 1. The van der Waals surface area contributed by atoms with Crippen molar-refractivity contribution in [1.82, 2.24) is 4.98 Å². The van der Waals surface area contributed by atoms with Gasteiger partial charge >= 0.3 is 0 Å². The number of amides is 2. The van der Waals surface area contributed by atoms with Crippen LogP contribution in [-0.2, 0) is 9.59 Å². The van der Waals surface area contributed by atoms with Crippen molar-refractivity contribution in [2.75, 3.05) is 10.6 Å². The molecule has 1 atom stereocenters. The van der Waals surface area contributed by atoms with Gasteiger partial charge in [0.2, 0.25) is 11.8 Å². The fourth-order valence-corrected chi connectivity index (χ4v) is 2.59. The molecular weight excluding hydrogens is 317 g/mol. The summed E-state index contributed by atoms with van der Waals surface area (Å²) in [5, 5.41) is 7.37. The number of hydrogen-bond donors (Lipinski definition) is 2. The van der Waals surface area contributed by atoms with Gasteiger partial charge in [-0.05, 0) is 24.6 Å². The Morgan fingerprint density at radius 3 is 2.70 bits per heavy atom. The molecule has 0 fully saturated rings. The lowest BCUT2D eigenvalue weighted by Gasteiger charge is -2.07. The SMILES string of the molecule is CCC(C)C(=O)Nc1nc(-c2ccc(NC(C)=O)cc2F)cs1. The molecule has 0 aliphatic heterocycles. The maximum absolute atomic E-state index is 14.2. The number of thiazole rings is 1. The molecule has 0 radical (unpaired) electrons. The highest BCUT2D eigenvalue weighted by Gasteiger charge is 2.15. The highest BCUT2D eigenvalue weighted by atomic mass is 32.1. The molecule has 7 heteroatoms. The number of rotatable bonds is 5. The van der Waals surface area contributed by atoms with E-state index in [1.54, 1.807) is 17.5 Å². The van der Waals surface area contributed by atoms with Crippen molar-refractivity contribution >= 4 is 34.0 Å². The molecule has 0 spiro atoms. The van der Waals surface area contributed by atoms with Crippen LogP contribution in [0.25, 0.3) is 11.3 Å². The van der Waals surface area contributed by atoms with Gasteiger partial charge in [-0.15, -0.1) is 11.3 Å². The standard InChI is InChI=1S/C16H18FN3O2S/c1-4-9(2)15(22)20-16-19-14(8-23-16)12-6-5-11(7-13(12)17)18-10(3)21/h5-9H,4H2,1-3H3,(H,18,21)(H,19,20,22). The molecule has 2 N–H and O–H groups in total. The summed E-state index contributed by atoms with van der Waals surface area (Å²) in [6.45, 7) is 5.13. The van der Waals surface area contributed by atoms with E-state index < -0.39 is 5.82 Å². The number of nitrogens with one attached hydrogen (secondary N) is 2. The Bertz CT molecular complexity index is 730. The van der Waals surface area contributed by atoms with Gasteiger partial charge in [0.1, 0.15) is 5.82 Å². The third-order valence-electron chi connectivity index (χ3n) is 3.36. The molecule has 0 saturated heterocycles. The second kappa shape index (κ2) is 7.32. The molecule has 1 unspecified atom stereocenters. The molecule has 2 aromatic rings. The van der Waals surface area contributed by atoms with Crippen LogP contribution in [0.1, 0.15) is 27.2 Å². The van der Waals surface area contributed by atoms with E-state index in [0.29, 0.717) is 22.1 Å². The first-order valence-electron chi connectivity index (χ1n) is 7.24. The highest BCUT2D eigenvalue weighted by Crippen LogP contribution is 2.29. The van der Waals surface area contributed by atoms with E-state index in [2.05, 4.69) is 15.6 Å². The minimum absolute atomic E-state index is 0.101. The molecule has 2 rings (SSSR count). The average Bonchev–Trinajstić information content (AvgIpc) is 2.94. The number of halogens is 1. The lowest BCUT2D eigenvalue weighted by molar-refractivity contribution is -0.119. The summed E-state index contributed by atoms with van der Waals surface area (Å²) in [7, 11) is 0. The van der Waals surface area contributed by atoms with Gasteiger partial charge in [0.15, 0.2) is 5.13 Å². The lowest BCUT2D eigenvalue weighted by Crippen LogP contribution is -2.19. The summed E-state index contributed by atoms with van der Waals surface area (Å²) in [4.78, 5) is 27.1. The van der Waals surface area contributed by atoms with Crippen LogP contribution in [-0.4, -0.2) is 16.8 Å². The van der Waals surface area contributed by atoms with Gasteiger partial charge in [-0.1, -0.05) is 13.8 Å². The summed E-state index contributed by atoms with van der Waals surface area (Å²) >= 11 is 1.24. The second-order valence-corrected chi connectivity index (χ2v) is 6.07. The van der Waals surface area contributed by atoms with Gasteiger partial charge in [-0.3, -0.25) is 9.59 Å². The first-order chi connectivity index (χ1) is 10.9. The fourth-order valence-electron chi connectivity index (χ4n) is 1.87. The highest BCUT2D eigenvalue weighted by molar-refractivity contribution is 7.14. The number of benzene rings is 1. The van der Waals surface area contributed by atoms with Crippen molar-refractivity contribution in [1.29, 1.82) is 0 Å². The van der Waals surface area contributed by atoms with Crippen molar-refractivity contribution in [2.45, 2.75) is 27.2 Å². The molecule has 1 aromatic heterocycles. The van der Waals surface area contributed by atoms with Gasteiger partial charge in [-0.2, -0.15) is 0 Å². The van der Waals surface area contributed by atoms with Gasteiger partial charge in [0.05, 0.1) is 5.69 Å². The van der Waals surface area contributed by atoms with Gasteiger partial charge < -0.3 is 10.6 Å². The zero-order valence-corrected chi connectivity index (χ0v) is 14.0. The number of hydrogen-bond acceptors (Lipinski definition) is 4. The molecule has 1 aromatic carbocycles. The summed E-state index contributed by atoms with van der Waals surface area (Å²) in [6.07, 6.45) is 0.739. The number of carbonyl (C=O) groups excluding carboxylic acids is 2. The molecule has 0 saturated carbocycles. The molecule has 2 amide bonds. The van der Waals surface area contributed by atoms with Crippen LogP contribution in [0.3, 0.4) is 0 Å². The molecule has 0 aliphatic rings.